The van der Waals surface area contributed by atoms with Gasteiger partial charge in [0.1, 0.15) is 17.1 Å². The van der Waals surface area contributed by atoms with E-state index in [0.29, 0.717) is 30.3 Å². The van der Waals surface area contributed by atoms with Gasteiger partial charge in [0.05, 0.1) is 0 Å². The Hall–Kier alpha value is -1.83. The van der Waals surface area contributed by atoms with Gasteiger partial charge in [-0.2, -0.15) is 8.78 Å². The van der Waals surface area contributed by atoms with Gasteiger partial charge in [0.15, 0.2) is 0 Å². The monoisotopic (exact) mass is 507 g/mol. The number of likely N-dealkylation sites (tertiary alicyclic amines) is 1. The maximum absolute atomic E-state index is 13.1. The van der Waals surface area contributed by atoms with Crippen molar-refractivity contribution >= 4 is 16.7 Å². The second-order valence-electron chi connectivity index (χ2n) is 9.72. The lowest BCUT2D eigenvalue weighted by molar-refractivity contribution is -0.0744. The highest BCUT2D eigenvalue weighted by atomic mass is 32.2. The SMILES string of the molecule is C/C=C(/CN1CC(C)C[C@@](OC)(C(O)=C2CC2)C1)S/C(=C/CCC)c1cc(C)ccc1OC(F)F. The largest absolute Gasteiger partial charge is 0.509 e. The second-order valence-corrected chi connectivity index (χ2v) is 10.9. The van der Waals surface area contributed by atoms with E-state index in [1.165, 1.54) is 0 Å². The molecule has 1 aromatic rings. The van der Waals surface area contributed by atoms with Crippen molar-refractivity contribution < 1.29 is 23.4 Å². The maximum Gasteiger partial charge on any atom is 0.387 e. The van der Waals surface area contributed by atoms with Crippen molar-refractivity contribution in [2.24, 2.45) is 5.92 Å². The topological polar surface area (TPSA) is 41.9 Å². The molecular formula is C28H39F2NO3S. The molecule has 2 atom stereocenters. The van der Waals surface area contributed by atoms with Crippen molar-refractivity contribution in [3.8, 4) is 5.75 Å². The Kier molecular flexibility index (Phi) is 9.85. The van der Waals surface area contributed by atoms with Crippen LogP contribution in [0.2, 0.25) is 0 Å². The zero-order valence-electron chi connectivity index (χ0n) is 21.6. The number of benzene rings is 1. The zero-order valence-corrected chi connectivity index (χ0v) is 22.4. The minimum Gasteiger partial charge on any atom is -0.509 e. The number of alkyl halides is 2. The first-order chi connectivity index (χ1) is 16.7. The number of methoxy groups -OCH3 is 1. The highest BCUT2D eigenvalue weighted by Crippen LogP contribution is 2.43. The normalized spacial score (nSPS) is 23.7. The van der Waals surface area contributed by atoms with E-state index in [1.807, 2.05) is 19.9 Å². The minimum absolute atomic E-state index is 0.196. The molecular weight excluding hydrogens is 468 g/mol. The zero-order chi connectivity index (χ0) is 25.6. The van der Waals surface area contributed by atoms with Gasteiger partial charge in [-0.15, -0.1) is 0 Å². The van der Waals surface area contributed by atoms with Gasteiger partial charge in [0, 0.05) is 37.2 Å². The van der Waals surface area contributed by atoms with Crippen LogP contribution >= 0.6 is 11.8 Å². The number of aryl methyl sites for hydroxylation is 1. The van der Waals surface area contributed by atoms with Crippen LogP contribution in [0.15, 0.2) is 46.6 Å². The van der Waals surface area contributed by atoms with Crippen LogP contribution < -0.4 is 4.74 Å². The van der Waals surface area contributed by atoms with E-state index in [2.05, 4.69) is 30.9 Å². The molecule has 4 nitrogen and oxygen atoms in total. The van der Waals surface area contributed by atoms with Gasteiger partial charge in [-0.1, -0.05) is 55.8 Å². The molecule has 0 radical (unpaired) electrons. The number of halogens is 2. The number of allylic oxidation sites excluding steroid dienone is 3. The molecule has 194 valence electrons. The van der Waals surface area contributed by atoms with Crippen molar-refractivity contribution in [2.75, 3.05) is 26.7 Å². The van der Waals surface area contributed by atoms with Gasteiger partial charge in [0.2, 0.25) is 0 Å². The summed E-state index contributed by atoms with van der Waals surface area (Å²) >= 11 is 1.60. The Morgan fingerprint density at radius 1 is 1.34 bits per heavy atom. The van der Waals surface area contributed by atoms with Crippen LogP contribution in [0.5, 0.6) is 5.75 Å². The maximum atomic E-state index is 13.1. The van der Waals surface area contributed by atoms with Gasteiger partial charge in [-0.25, -0.2) is 0 Å². The first kappa shape index (κ1) is 27.8. The predicted molar refractivity (Wildman–Crippen MR) is 141 cm³/mol. The van der Waals surface area contributed by atoms with E-state index < -0.39 is 12.2 Å². The van der Waals surface area contributed by atoms with Crippen LogP contribution in [0.3, 0.4) is 0 Å². The number of aliphatic hydroxyl groups is 1. The molecule has 1 aromatic carbocycles. The molecule has 0 aromatic heterocycles. The quantitative estimate of drug-likeness (QED) is 0.311. The molecule has 0 amide bonds. The van der Waals surface area contributed by atoms with Gasteiger partial charge >= 0.3 is 6.61 Å². The number of thioether (sulfide) groups is 1. The molecule has 1 saturated heterocycles. The van der Waals surface area contributed by atoms with E-state index in [1.54, 1.807) is 31.0 Å². The van der Waals surface area contributed by atoms with Gasteiger partial charge in [0.25, 0.3) is 0 Å². The Morgan fingerprint density at radius 3 is 2.69 bits per heavy atom. The summed E-state index contributed by atoms with van der Waals surface area (Å²) in [7, 11) is 1.69. The van der Waals surface area contributed by atoms with E-state index in [4.69, 9.17) is 9.47 Å². The number of unbranched alkanes of at least 4 members (excludes halogenated alkanes) is 1. The van der Waals surface area contributed by atoms with Crippen molar-refractivity contribution in [2.45, 2.75) is 72.0 Å². The van der Waals surface area contributed by atoms with E-state index in [-0.39, 0.29) is 5.75 Å². The highest BCUT2D eigenvalue weighted by molar-refractivity contribution is 8.11. The van der Waals surface area contributed by atoms with Crippen molar-refractivity contribution in [1.82, 2.24) is 4.90 Å². The van der Waals surface area contributed by atoms with Crippen LogP contribution in [-0.2, 0) is 4.74 Å². The number of hydrogen-bond donors (Lipinski definition) is 1. The van der Waals surface area contributed by atoms with E-state index in [9.17, 15) is 13.9 Å². The third-order valence-electron chi connectivity index (χ3n) is 6.56. The third-order valence-corrected chi connectivity index (χ3v) is 7.80. The van der Waals surface area contributed by atoms with Crippen molar-refractivity contribution in [1.29, 1.82) is 0 Å². The highest BCUT2D eigenvalue weighted by Gasteiger charge is 2.44. The fourth-order valence-electron chi connectivity index (χ4n) is 4.78. The minimum atomic E-state index is -2.87. The van der Waals surface area contributed by atoms with Crippen LogP contribution in [-0.4, -0.2) is 49.0 Å². The van der Waals surface area contributed by atoms with E-state index >= 15 is 0 Å². The summed E-state index contributed by atoms with van der Waals surface area (Å²) in [5.74, 6) is 0.983. The Bertz CT molecular complexity index is 969. The molecule has 1 aliphatic carbocycles. The average molecular weight is 508 g/mol. The average Bonchev–Trinajstić information content (AvgIpc) is 3.66. The molecule has 1 N–H and O–H groups in total. The Morgan fingerprint density at radius 2 is 2.09 bits per heavy atom. The lowest BCUT2D eigenvalue weighted by Crippen LogP contribution is -2.53. The fraction of sp³-hybridized carbons (Fsp3) is 0.571. The standard InChI is InChI=1S/C28H39F2NO3S/c1-6-8-9-25(23-14-19(3)10-13-24(23)34-27(29)30)35-22(7-2)17-31-16-20(4)15-28(18-31,33-5)26(32)21-11-12-21/h7,9-10,13-14,20,27,32H,6,8,11-12,15-18H2,1-5H3/b22-7-,25-9+/t20?,28-/m0/s1. The molecule has 1 heterocycles. The lowest BCUT2D eigenvalue weighted by atomic mass is 9.84. The first-order valence-corrected chi connectivity index (χ1v) is 13.3. The van der Waals surface area contributed by atoms with Crippen molar-refractivity contribution in [3.63, 3.8) is 0 Å². The Labute approximate surface area is 213 Å². The first-order valence-electron chi connectivity index (χ1n) is 12.5. The van der Waals surface area contributed by atoms with Gasteiger partial charge in [-0.05, 0) is 68.1 Å². The third kappa shape index (κ3) is 7.34. The lowest BCUT2D eigenvalue weighted by Gasteiger charge is -2.44. The van der Waals surface area contributed by atoms with Gasteiger partial charge < -0.3 is 14.6 Å². The number of nitrogens with zero attached hydrogens (tertiary/aromatic N) is 1. The second kappa shape index (κ2) is 12.4. The number of aliphatic hydroxyl groups excluding tert-OH is 1. The summed E-state index contributed by atoms with van der Waals surface area (Å²) in [5.41, 5.74) is 2.13. The summed E-state index contributed by atoms with van der Waals surface area (Å²) in [6.45, 7) is 7.60. The number of ether oxygens (including phenoxy) is 2. The number of hydrogen-bond acceptors (Lipinski definition) is 5. The molecule has 0 spiro atoms. The molecule has 7 heteroatoms. The van der Waals surface area contributed by atoms with Crippen LogP contribution in [0.1, 0.15) is 64.0 Å². The molecule has 0 bridgehead atoms. The molecule has 1 unspecified atom stereocenters. The summed E-state index contributed by atoms with van der Waals surface area (Å²) in [5, 5.41) is 10.9. The Balaban J connectivity index is 1.84. The molecule has 1 saturated carbocycles. The van der Waals surface area contributed by atoms with Crippen molar-refractivity contribution in [3.05, 3.63) is 57.7 Å². The summed E-state index contributed by atoms with van der Waals surface area (Å²) < 4.78 is 37.1. The van der Waals surface area contributed by atoms with E-state index in [0.717, 1.165) is 59.6 Å². The number of rotatable bonds is 11. The summed E-state index contributed by atoms with van der Waals surface area (Å²) in [6, 6.07) is 5.33. The van der Waals surface area contributed by atoms with Crippen LogP contribution in [0.25, 0.3) is 4.91 Å². The number of piperidine rings is 1. The molecule has 2 aliphatic rings. The molecule has 3 rings (SSSR count). The summed E-state index contributed by atoms with van der Waals surface area (Å²) in [4.78, 5) is 4.38. The predicted octanol–water partition coefficient (Wildman–Crippen LogP) is 7.71. The molecule has 35 heavy (non-hydrogen) atoms. The molecule has 1 aliphatic heterocycles. The van der Waals surface area contributed by atoms with Crippen LogP contribution in [0, 0.1) is 12.8 Å². The summed E-state index contributed by atoms with van der Waals surface area (Å²) in [6.07, 6.45) is 8.70. The van der Waals surface area contributed by atoms with Gasteiger partial charge in [-0.3, -0.25) is 4.90 Å². The fourth-order valence-corrected chi connectivity index (χ4v) is 5.90. The van der Waals surface area contributed by atoms with Crippen LogP contribution in [0.4, 0.5) is 8.78 Å². The molecule has 2 fully saturated rings. The smallest absolute Gasteiger partial charge is 0.387 e.